The molecule has 6 heteroatoms. The Morgan fingerprint density at radius 1 is 1.30 bits per heavy atom. The Balaban J connectivity index is 3.29. The van der Waals surface area contributed by atoms with Crippen molar-refractivity contribution in [1.82, 2.24) is 4.31 Å². The summed E-state index contributed by atoms with van der Waals surface area (Å²) in [6.45, 7) is 7.27. The number of benzene rings is 1. The molecule has 0 amide bonds. The Labute approximate surface area is 121 Å². The van der Waals surface area contributed by atoms with Gasteiger partial charge in [0.1, 0.15) is 0 Å². The van der Waals surface area contributed by atoms with Crippen LogP contribution in [0.1, 0.15) is 30.0 Å². The van der Waals surface area contributed by atoms with E-state index in [0.29, 0.717) is 17.7 Å². The first kappa shape index (κ1) is 16.9. The van der Waals surface area contributed by atoms with E-state index < -0.39 is 16.1 Å². The highest BCUT2D eigenvalue weighted by Gasteiger charge is 2.26. The predicted molar refractivity (Wildman–Crippen MR) is 81.2 cm³/mol. The average Bonchev–Trinajstić information content (AvgIpc) is 2.33. The number of hydrogen-bond donors (Lipinski definition) is 2. The molecule has 0 aliphatic carbocycles. The number of rotatable bonds is 5. The van der Waals surface area contributed by atoms with Gasteiger partial charge in [-0.15, -0.1) is 0 Å². The van der Waals surface area contributed by atoms with Crippen molar-refractivity contribution in [3.05, 3.63) is 22.8 Å². The van der Waals surface area contributed by atoms with Crippen LogP contribution in [0.3, 0.4) is 0 Å². The van der Waals surface area contributed by atoms with Gasteiger partial charge < -0.3 is 10.8 Å². The fourth-order valence-electron chi connectivity index (χ4n) is 2.07. The zero-order chi connectivity index (χ0) is 15.7. The van der Waals surface area contributed by atoms with Crippen molar-refractivity contribution in [2.45, 2.75) is 45.1 Å². The molecule has 5 nitrogen and oxygen atoms in total. The van der Waals surface area contributed by atoms with Gasteiger partial charge in [-0.25, -0.2) is 12.7 Å². The van der Waals surface area contributed by atoms with Crippen molar-refractivity contribution >= 4 is 15.7 Å². The molecular formula is C14H24N2O3S. The first-order chi connectivity index (χ1) is 9.09. The number of hydrogen-bond acceptors (Lipinski definition) is 4. The molecule has 1 aromatic rings. The van der Waals surface area contributed by atoms with E-state index in [1.165, 1.54) is 11.4 Å². The fraction of sp³-hybridized carbons (Fsp3) is 0.571. The van der Waals surface area contributed by atoms with Crippen molar-refractivity contribution in [3.63, 3.8) is 0 Å². The van der Waals surface area contributed by atoms with Gasteiger partial charge in [0.05, 0.1) is 11.0 Å². The Morgan fingerprint density at radius 2 is 1.85 bits per heavy atom. The number of aryl methyl sites for hydroxylation is 1. The molecule has 0 aliphatic heterocycles. The highest BCUT2D eigenvalue weighted by molar-refractivity contribution is 7.89. The van der Waals surface area contributed by atoms with Crippen LogP contribution in [-0.2, 0) is 10.0 Å². The van der Waals surface area contributed by atoms with Crippen molar-refractivity contribution in [2.24, 2.45) is 0 Å². The van der Waals surface area contributed by atoms with Crippen molar-refractivity contribution in [1.29, 1.82) is 0 Å². The van der Waals surface area contributed by atoms with Gasteiger partial charge in [0.15, 0.2) is 0 Å². The van der Waals surface area contributed by atoms with Crippen LogP contribution in [0.15, 0.2) is 11.0 Å². The zero-order valence-corrected chi connectivity index (χ0v) is 13.6. The van der Waals surface area contributed by atoms with Crippen LogP contribution >= 0.6 is 0 Å². The second kappa shape index (κ2) is 6.11. The molecule has 20 heavy (non-hydrogen) atoms. The molecule has 0 aliphatic rings. The van der Waals surface area contributed by atoms with E-state index in [1.54, 1.807) is 26.8 Å². The smallest absolute Gasteiger partial charge is 0.243 e. The van der Waals surface area contributed by atoms with Gasteiger partial charge in [-0.1, -0.05) is 0 Å². The summed E-state index contributed by atoms with van der Waals surface area (Å²) in [5.74, 6) is 0. The largest absolute Gasteiger partial charge is 0.398 e. The second-order valence-corrected chi connectivity index (χ2v) is 7.31. The maximum absolute atomic E-state index is 12.7. The molecule has 1 unspecified atom stereocenters. The van der Waals surface area contributed by atoms with Crippen molar-refractivity contribution < 1.29 is 13.5 Å². The van der Waals surface area contributed by atoms with Crippen molar-refractivity contribution in [2.75, 3.05) is 19.3 Å². The predicted octanol–water partition coefficient (Wildman–Crippen LogP) is 1.59. The molecule has 0 spiro atoms. The standard InChI is InChI=1S/C14H24N2O3S/c1-9-8-13(15)12(4)14(11(9)3)20(18,19)16(5)7-6-10(2)17/h8,10,17H,6-7,15H2,1-5H3. The van der Waals surface area contributed by atoms with Crippen LogP contribution in [0.5, 0.6) is 0 Å². The van der Waals surface area contributed by atoms with Crippen LogP contribution in [0.2, 0.25) is 0 Å². The third-order valence-corrected chi connectivity index (χ3v) is 5.74. The molecule has 0 radical (unpaired) electrons. The lowest BCUT2D eigenvalue weighted by Crippen LogP contribution is -2.31. The molecule has 1 atom stereocenters. The molecule has 0 saturated heterocycles. The lowest BCUT2D eigenvalue weighted by atomic mass is 10.1. The number of nitrogen functional groups attached to an aromatic ring is 1. The molecule has 0 saturated carbocycles. The summed E-state index contributed by atoms with van der Waals surface area (Å²) in [6, 6.07) is 1.79. The average molecular weight is 300 g/mol. The molecule has 0 aromatic heterocycles. The maximum atomic E-state index is 12.7. The van der Waals surface area contributed by atoms with Gasteiger partial charge in [0.25, 0.3) is 0 Å². The number of nitrogens with two attached hydrogens (primary N) is 1. The molecule has 0 bridgehead atoms. The first-order valence-electron chi connectivity index (χ1n) is 6.59. The van der Waals surface area contributed by atoms with E-state index in [9.17, 15) is 13.5 Å². The highest BCUT2D eigenvalue weighted by Crippen LogP contribution is 2.29. The summed E-state index contributed by atoms with van der Waals surface area (Å²) < 4.78 is 26.6. The summed E-state index contributed by atoms with van der Waals surface area (Å²) in [5, 5.41) is 9.29. The van der Waals surface area contributed by atoms with Gasteiger partial charge in [-0.3, -0.25) is 0 Å². The topological polar surface area (TPSA) is 83.6 Å². The maximum Gasteiger partial charge on any atom is 0.243 e. The quantitative estimate of drug-likeness (QED) is 0.809. The Bertz CT molecular complexity index is 569. The highest BCUT2D eigenvalue weighted by atomic mass is 32.2. The molecule has 0 heterocycles. The van der Waals surface area contributed by atoms with Crippen LogP contribution in [-0.4, -0.2) is 37.5 Å². The van der Waals surface area contributed by atoms with Crippen LogP contribution < -0.4 is 5.73 Å². The van der Waals surface area contributed by atoms with Crippen LogP contribution in [0.4, 0.5) is 5.69 Å². The van der Waals surface area contributed by atoms with Gasteiger partial charge in [-0.05, 0) is 56.9 Å². The van der Waals surface area contributed by atoms with Crippen molar-refractivity contribution in [3.8, 4) is 0 Å². The van der Waals surface area contributed by atoms with Crippen LogP contribution in [0, 0.1) is 20.8 Å². The third kappa shape index (κ3) is 3.31. The first-order valence-corrected chi connectivity index (χ1v) is 8.03. The molecule has 1 aromatic carbocycles. The summed E-state index contributed by atoms with van der Waals surface area (Å²) in [4.78, 5) is 0.281. The normalized spacial score (nSPS) is 13.8. The Morgan fingerprint density at radius 3 is 2.35 bits per heavy atom. The van der Waals surface area contributed by atoms with E-state index in [2.05, 4.69) is 0 Å². The SMILES string of the molecule is Cc1cc(N)c(C)c(S(=O)(=O)N(C)CCC(C)O)c1C. The number of anilines is 1. The third-order valence-electron chi connectivity index (χ3n) is 3.61. The Kier molecular flexibility index (Phi) is 5.18. The molecule has 0 fully saturated rings. The molecular weight excluding hydrogens is 276 g/mol. The molecule has 3 N–H and O–H groups in total. The molecule has 114 valence electrons. The minimum Gasteiger partial charge on any atom is -0.398 e. The summed E-state index contributed by atoms with van der Waals surface area (Å²) in [6.07, 6.45) is -0.132. The number of sulfonamides is 1. The summed E-state index contributed by atoms with van der Waals surface area (Å²) >= 11 is 0. The van der Waals surface area contributed by atoms with E-state index >= 15 is 0 Å². The summed E-state index contributed by atoms with van der Waals surface area (Å²) in [7, 11) is -2.08. The van der Waals surface area contributed by atoms with Crippen LogP contribution in [0.25, 0.3) is 0 Å². The van der Waals surface area contributed by atoms with Gasteiger partial charge in [0.2, 0.25) is 10.0 Å². The number of nitrogens with zero attached hydrogens (tertiary/aromatic N) is 1. The lowest BCUT2D eigenvalue weighted by Gasteiger charge is -2.22. The van der Waals surface area contributed by atoms with Gasteiger partial charge in [0, 0.05) is 19.3 Å². The monoisotopic (exact) mass is 300 g/mol. The minimum atomic E-state index is -3.60. The van der Waals surface area contributed by atoms with Gasteiger partial charge in [-0.2, -0.15) is 0 Å². The zero-order valence-electron chi connectivity index (χ0n) is 12.8. The lowest BCUT2D eigenvalue weighted by molar-refractivity contribution is 0.177. The second-order valence-electron chi connectivity index (χ2n) is 5.33. The summed E-state index contributed by atoms with van der Waals surface area (Å²) in [5.41, 5.74) is 8.53. The Hall–Kier alpha value is -1.11. The molecule has 1 rings (SSSR count). The number of aliphatic hydroxyl groups is 1. The minimum absolute atomic E-state index is 0.271. The van der Waals surface area contributed by atoms with Gasteiger partial charge >= 0.3 is 0 Å². The van der Waals surface area contributed by atoms with E-state index in [-0.39, 0.29) is 11.4 Å². The van der Waals surface area contributed by atoms with E-state index in [4.69, 9.17) is 5.73 Å². The fourth-order valence-corrected chi connectivity index (χ4v) is 3.78. The number of aliphatic hydroxyl groups excluding tert-OH is 1. The van der Waals surface area contributed by atoms with E-state index in [1.807, 2.05) is 6.92 Å². The van der Waals surface area contributed by atoms with E-state index in [0.717, 1.165) is 11.1 Å².